The van der Waals surface area contributed by atoms with Crippen molar-refractivity contribution in [3.63, 3.8) is 0 Å². The molecule has 3 rings (SSSR count). The smallest absolute Gasteiger partial charge is 0.421 e. The second-order valence-corrected chi connectivity index (χ2v) is 6.27. The van der Waals surface area contributed by atoms with Gasteiger partial charge in [0.05, 0.1) is 23.9 Å². The summed E-state index contributed by atoms with van der Waals surface area (Å²) < 4.78 is 44.7. The summed E-state index contributed by atoms with van der Waals surface area (Å²) >= 11 is 0. The monoisotopic (exact) mass is 400 g/mol. The van der Waals surface area contributed by atoms with E-state index in [9.17, 15) is 18.0 Å². The van der Waals surface area contributed by atoms with Gasteiger partial charge in [-0.25, -0.2) is 4.98 Å². The number of halogens is 3. The van der Waals surface area contributed by atoms with Crippen LogP contribution in [0.15, 0.2) is 12.4 Å². The second-order valence-electron chi connectivity index (χ2n) is 6.27. The van der Waals surface area contributed by atoms with E-state index in [2.05, 4.69) is 30.4 Å². The number of carbonyl (C=O) groups is 1. The Balaban J connectivity index is 0.000000336. The maximum absolute atomic E-state index is 12.8. The van der Waals surface area contributed by atoms with Gasteiger partial charge >= 0.3 is 12.1 Å². The topological polar surface area (TPSA) is 94.0 Å². The van der Waals surface area contributed by atoms with E-state index in [0.717, 1.165) is 12.6 Å². The lowest BCUT2D eigenvalue weighted by Gasteiger charge is -2.13. The zero-order valence-electron chi connectivity index (χ0n) is 16.1. The SMILES string of the molecule is CC1CCOC1=O.CCNc1nc(Nc2cn(C)nc2C)ncc1C(F)(F)F. The Labute approximate surface area is 160 Å². The minimum atomic E-state index is -4.50. The predicted molar refractivity (Wildman–Crippen MR) is 97.2 cm³/mol. The van der Waals surface area contributed by atoms with Gasteiger partial charge in [-0.3, -0.25) is 9.48 Å². The molecule has 154 valence electrons. The van der Waals surface area contributed by atoms with Crippen molar-refractivity contribution in [1.29, 1.82) is 0 Å². The molecule has 2 aromatic heterocycles. The molecule has 1 aliphatic heterocycles. The first kappa shape index (κ1) is 21.5. The Kier molecular flexibility index (Phi) is 6.81. The molecule has 0 spiro atoms. The molecule has 0 aromatic carbocycles. The van der Waals surface area contributed by atoms with E-state index in [4.69, 9.17) is 0 Å². The molecule has 1 saturated heterocycles. The summed E-state index contributed by atoms with van der Waals surface area (Å²) in [5.41, 5.74) is 0.448. The molecule has 0 aliphatic carbocycles. The Morgan fingerprint density at radius 1 is 1.39 bits per heavy atom. The maximum Gasteiger partial charge on any atom is 0.421 e. The average molecular weight is 400 g/mol. The zero-order chi connectivity index (χ0) is 20.9. The molecule has 11 heteroatoms. The predicted octanol–water partition coefficient (Wildman–Crippen LogP) is 3.28. The van der Waals surface area contributed by atoms with Crippen LogP contribution < -0.4 is 10.6 Å². The van der Waals surface area contributed by atoms with Crippen LogP contribution in [0, 0.1) is 12.8 Å². The Bertz CT molecular complexity index is 822. The number of aryl methyl sites for hydroxylation is 2. The summed E-state index contributed by atoms with van der Waals surface area (Å²) in [6.45, 7) is 6.30. The van der Waals surface area contributed by atoms with Crippen molar-refractivity contribution < 1.29 is 22.7 Å². The summed E-state index contributed by atoms with van der Waals surface area (Å²) in [4.78, 5) is 18.0. The van der Waals surface area contributed by atoms with Gasteiger partial charge in [-0.1, -0.05) is 6.92 Å². The molecule has 8 nitrogen and oxygen atoms in total. The van der Waals surface area contributed by atoms with Crippen LogP contribution in [0.4, 0.5) is 30.6 Å². The Morgan fingerprint density at radius 3 is 2.54 bits per heavy atom. The third-order valence-electron chi connectivity index (χ3n) is 3.90. The molecule has 28 heavy (non-hydrogen) atoms. The number of rotatable bonds is 4. The number of ether oxygens (including phenoxy) is 1. The third kappa shape index (κ3) is 5.57. The van der Waals surface area contributed by atoms with Gasteiger partial charge in [0.1, 0.15) is 11.4 Å². The molecule has 1 atom stereocenters. The molecule has 1 fully saturated rings. The average Bonchev–Trinajstić information content (AvgIpc) is 3.12. The lowest BCUT2D eigenvalue weighted by Crippen LogP contribution is -2.14. The molecular weight excluding hydrogens is 377 g/mol. The highest BCUT2D eigenvalue weighted by Crippen LogP contribution is 2.34. The van der Waals surface area contributed by atoms with Crippen molar-refractivity contribution in [2.75, 3.05) is 23.8 Å². The zero-order valence-corrected chi connectivity index (χ0v) is 16.1. The Hall–Kier alpha value is -2.85. The van der Waals surface area contributed by atoms with Gasteiger partial charge in [-0.2, -0.15) is 23.3 Å². The van der Waals surface area contributed by atoms with E-state index in [1.165, 1.54) is 0 Å². The largest absolute Gasteiger partial charge is 0.465 e. The van der Waals surface area contributed by atoms with Crippen LogP contribution in [0.5, 0.6) is 0 Å². The van der Waals surface area contributed by atoms with Gasteiger partial charge in [-0.05, 0) is 20.3 Å². The van der Waals surface area contributed by atoms with Crippen molar-refractivity contribution in [2.24, 2.45) is 13.0 Å². The fourth-order valence-electron chi connectivity index (χ4n) is 2.39. The summed E-state index contributed by atoms with van der Waals surface area (Å²) in [5, 5.41) is 9.58. The minimum absolute atomic E-state index is 0.0417. The fourth-order valence-corrected chi connectivity index (χ4v) is 2.39. The first-order valence-electron chi connectivity index (χ1n) is 8.73. The summed E-state index contributed by atoms with van der Waals surface area (Å²) in [7, 11) is 1.75. The van der Waals surface area contributed by atoms with Crippen LogP contribution in [0.25, 0.3) is 0 Å². The number of hydrogen-bond donors (Lipinski definition) is 2. The van der Waals surface area contributed by atoms with E-state index in [1.54, 1.807) is 31.8 Å². The number of carbonyl (C=O) groups excluding carboxylic acids is 1. The number of cyclic esters (lactones) is 1. The number of hydrogen-bond acceptors (Lipinski definition) is 7. The molecule has 3 heterocycles. The van der Waals surface area contributed by atoms with Crippen molar-refractivity contribution in [2.45, 2.75) is 33.4 Å². The lowest BCUT2D eigenvalue weighted by atomic mass is 10.2. The highest BCUT2D eigenvalue weighted by Gasteiger charge is 2.35. The van der Waals surface area contributed by atoms with Crippen LogP contribution >= 0.6 is 0 Å². The standard InChI is InChI=1S/C12H15F3N6.C5H8O2/c1-4-16-10-8(12(13,14)15)5-17-11(19-10)18-9-6-21(3)20-7(9)2;1-4-2-3-7-5(4)6/h5-6H,4H2,1-3H3,(H2,16,17,18,19);4H,2-3H2,1H3. The van der Waals surface area contributed by atoms with Crippen LogP contribution in [-0.2, 0) is 22.8 Å². The third-order valence-corrected chi connectivity index (χ3v) is 3.90. The number of nitrogens with zero attached hydrogens (tertiary/aromatic N) is 4. The molecule has 0 saturated carbocycles. The summed E-state index contributed by atoms with van der Waals surface area (Å²) in [6, 6.07) is 0. The van der Waals surface area contributed by atoms with Crippen LogP contribution in [0.1, 0.15) is 31.5 Å². The van der Waals surface area contributed by atoms with Gasteiger partial charge in [0, 0.05) is 26.0 Å². The van der Waals surface area contributed by atoms with Crippen molar-refractivity contribution >= 4 is 23.4 Å². The van der Waals surface area contributed by atoms with Gasteiger partial charge in [-0.15, -0.1) is 0 Å². The first-order chi connectivity index (χ1) is 13.1. The summed E-state index contributed by atoms with van der Waals surface area (Å²) in [5.74, 6) is -0.0564. The molecule has 1 unspecified atom stereocenters. The van der Waals surface area contributed by atoms with E-state index >= 15 is 0 Å². The maximum atomic E-state index is 12.8. The van der Waals surface area contributed by atoms with Gasteiger partial charge in [0.25, 0.3) is 0 Å². The van der Waals surface area contributed by atoms with Crippen LogP contribution in [0.2, 0.25) is 0 Å². The Morgan fingerprint density at radius 2 is 2.11 bits per heavy atom. The van der Waals surface area contributed by atoms with Crippen molar-refractivity contribution in [3.05, 3.63) is 23.7 Å². The normalized spacial score (nSPS) is 16.2. The fraction of sp³-hybridized carbons (Fsp3) is 0.529. The van der Waals surface area contributed by atoms with Gasteiger partial charge in [0.2, 0.25) is 5.95 Å². The van der Waals surface area contributed by atoms with Crippen LogP contribution in [0.3, 0.4) is 0 Å². The number of esters is 1. The highest BCUT2D eigenvalue weighted by atomic mass is 19.4. The number of aromatic nitrogens is 4. The first-order valence-corrected chi connectivity index (χ1v) is 8.73. The minimum Gasteiger partial charge on any atom is -0.465 e. The number of alkyl halides is 3. The lowest BCUT2D eigenvalue weighted by molar-refractivity contribution is -0.141. The molecular formula is C17H23F3N6O2. The van der Waals surface area contributed by atoms with Gasteiger partial charge in [0.15, 0.2) is 0 Å². The van der Waals surface area contributed by atoms with E-state index in [-0.39, 0.29) is 23.7 Å². The summed E-state index contributed by atoms with van der Waals surface area (Å²) in [6.07, 6.45) is -1.14. The molecule has 0 bridgehead atoms. The quantitative estimate of drug-likeness (QED) is 0.761. The molecule has 1 aliphatic rings. The van der Waals surface area contributed by atoms with E-state index in [1.807, 2.05) is 6.92 Å². The molecule has 2 N–H and O–H groups in total. The van der Waals surface area contributed by atoms with Crippen LogP contribution in [-0.4, -0.2) is 38.9 Å². The molecule has 0 radical (unpaired) electrons. The molecule has 2 aromatic rings. The van der Waals surface area contributed by atoms with Crippen molar-refractivity contribution in [1.82, 2.24) is 19.7 Å². The second kappa shape index (κ2) is 8.89. The number of anilines is 3. The van der Waals surface area contributed by atoms with E-state index in [0.29, 0.717) is 24.5 Å². The van der Waals surface area contributed by atoms with E-state index < -0.39 is 11.7 Å². The van der Waals surface area contributed by atoms with Gasteiger partial charge < -0.3 is 15.4 Å². The molecule has 0 amide bonds. The van der Waals surface area contributed by atoms with Crippen molar-refractivity contribution in [3.8, 4) is 0 Å². The highest BCUT2D eigenvalue weighted by molar-refractivity contribution is 5.73. The number of nitrogens with one attached hydrogen (secondary N) is 2.